The molecule has 186 valence electrons. The number of carbonyl (C=O) groups is 1. The molecule has 2 aliphatic heterocycles. The van der Waals surface area contributed by atoms with Gasteiger partial charge in [-0.3, -0.25) is 9.69 Å². The highest BCUT2D eigenvalue weighted by Crippen LogP contribution is 2.37. The van der Waals surface area contributed by atoms with Crippen molar-refractivity contribution in [3.8, 4) is 5.75 Å². The quantitative estimate of drug-likeness (QED) is 0.451. The van der Waals surface area contributed by atoms with Crippen molar-refractivity contribution in [1.29, 1.82) is 0 Å². The molecule has 2 fully saturated rings. The third-order valence-electron chi connectivity index (χ3n) is 7.51. The number of hydrogen-bond acceptors (Lipinski definition) is 6. The molecule has 3 aromatic rings. The minimum Gasteiger partial charge on any atom is -0.493 e. The van der Waals surface area contributed by atoms with Gasteiger partial charge in [0.1, 0.15) is 11.3 Å². The Labute approximate surface area is 210 Å². The van der Waals surface area contributed by atoms with Crippen LogP contribution in [-0.2, 0) is 11.2 Å². The second kappa shape index (κ2) is 10.1. The summed E-state index contributed by atoms with van der Waals surface area (Å²) < 4.78 is 12.3. The second-order valence-corrected chi connectivity index (χ2v) is 10.2. The van der Waals surface area contributed by atoms with Gasteiger partial charge in [0.2, 0.25) is 0 Å². The zero-order valence-corrected chi connectivity index (χ0v) is 20.9. The Morgan fingerprint density at radius 2 is 1.91 bits per heavy atom. The Bertz CT molecular complexity index is 1200. The van der Waals surface area contributed by atoms with Crippen LogP contribution in [0.3, 0.4) is 0 Å². The van der Waals surface area contributed by atoms with Crippen LogP contribution in [0.15, 0.2) is 40.8 Å². The van der Waals surface area contributed by atoms with Gasteiger partial charge in [-0.25, -0.2) is 0 Å². The molecule has 8 heteroatoms. The molecule has 7 nitrogen and oxygen atoms in total. The van der Waals surface area contributed by atoms with Gasteiger partial charge in [-0.2, -0.15) is 4.98 Å². The minimum atomic E-state index is -0.832. The Kier molecular flexibility index (Phi) is 6.89. The molecule has 0 radical (unpaired) electrons. The lowest BCUT2D eigenvalue weighted by Gasteiger charge is -2.47. The Hall–Kier alpha value is -2.77. The number of hydrogen-bond donors (Lipinski definition) is 1. The van der Waals surface area contributed by atoms with Crippen LogP contribution in [0, 0.1) is 6.92 Å². The smallest absolute Gasteiger partial charge is 0.307 e. The van der Waals surface area contributed by atoms with Gasteiger partial charge in [0.05, 0.1) is 13.0 Å². The highest BCUT2D eigenvalue weighted by Gasteiger charge is 2.41. The average molecular weight is 498 g/mol. The van der Waals surface area contributed by atoms with Crippen molar-refractivity contribution >= 4 is 34.7 Å². The van der Waals surface area contributed by atoms with Crippen LogP contribution < -0.4 is 9.64 Å². The van der Waals surface area contributed by atoms with Crippen molar-refractivity contribution in [2.75, 3.05) is 37.7 Å². The molecule has 0 amide bonds. The summed E-state index contributed by atoms with van der Waals surface area (Å²) in [6.45, 7) is 6.63. The number of fused-ring (bicyclic) bond motifs is 1. The number of aromatic nitrogens is 1. The van der Waals surface area contributed by atoms with Gasteiger partial charge in [-0.05, 0) is 81.4 Å². The maximum atomic E-state index is 11.1. The van der Waals surface area contributed by atoms with Crippen molar-refractivity contribution in [1.82, 2.24) is 9.88 Å². The normalized spacial score (nSPS) is 18.3. The van der Waals surface area contributed by atoms with E-state index in [0.717, 1.165) is 73.4 Å². The van der Waals surface area contributed by atoms with Gasteiger partial charge < -0.3 is 19.2 Å². The first-order chi connectivity index (χ1) is 16.9. The summed E-state index contributed by atoms with van der Waals surface area (Å²) in [7, 11) is 0. The largest absolute Gasteiger partial charge is 0.493 e. The summed E-state index contributed by atoms with van der Waals surface area (Å²) in [6.07, 6.45) is 5.48. The van der Waals surface area contributed by atoms with Crippen molar-refractivity contribution in [2.45, 2.75) is 51.0 Å². The van der Waals surface area contributed by atoms with E-state index in [4.69, 9.17) is 25.9 Å². The molecule has 1 N–H and O–H groups in total. The molecule has 0 aliphatic carbocycles. The standard InChI is InChI=1S/C27H32ClN3O4/c1-19-4-5-20(17-25(32)33)16-23(19)34-15-10-27(31-11-2-3-12-31)8-13-30(14-9-27)26-29-22-7-6-21(28)18-24(22)35-26/h4-7,16,18H,2-3,8-15,17H2,1H3,(H,32,33). The van der Waals surface area contributed by atoms with Crippen LogP contribution in [0.2, 0.25) is 5.02 Å². The minimum absolute atomic E-state index is 0.00617. The van der Waals surface area contributed by atoms with E-state index in [1.807, 2.05) is 43.3 Å². The third kappa shape index (κ3) is 5.26. The summed E-state index contributed by atoms with van der Waals surface area (Å²) in [6, 6.07) is 11.9. The molecule has 0 bridgehead atoms. The molecule has 2 aliphatic rings. The molecule has 2 saturated heterocycles. The lowest BCUT2D eigenvalue weighted by Crippen LogP contribution is -2.55. The van der Waals surface area contributed by atoms with Crippen LogP contribution in [0.1, 0.15) is 43.2 Å². The number of rotatable bonds is 8. The van der Waals surface area contributed by atoms with Gasteiger partial charge in [-0.1, -0.05) is 23.7 Å². The number of benzene rings is 2. The van der Waals surface area contributed by atoms with Gasteiger partial charge in [0, 0.05) is 29.7 Å². The second-order valence-electron chi connectivity index (χ2n) is 9.78. The first-order valence-electron chi connectivity index (χ1n) is 12.4. The lowest BCUT2D eigenvalue weighted by atomic mass is 9.83. The number of anilines is 1. The van der Waals surface area contributed by atoms with Crippen molar-refractivity contribution in [3.63, 3.8) is 0 Å². The van der Waals surface area contributed by atoms with E-state index < -0.39 is 5.97 Å². The van der Waals surface area contributed by atoms with Crippen LogP contribution in [-0.4, -0.2) is 59.3 Å². The van der Waals surface area contributed by atoms with E-state index >= 15 is 0 Å². The summed E-state index contributed by atoms with van der Waals surface area (Å²) in [5.41, 5.74) is 3.43. The fourth-order valence-electron chi connectivity index (χ4n) is 5.49. The fraction of sp³-hybridized carbons (Fsp3) is 0.481. The average Bonchev–Trinajstić information content (AvgIpc) is 3.51. The molecule has 2 aromatic carbocycles. The predicted octanol–water partition coefficient (Wildman–Crippen LogP) is 5.32. The van der Waals surface area contributed by atoms with Crippen molar-refractivity contribution in [2.24, 2.45) is 0 Å². The van der Waals surface area contributed by atoms with Crippen molar-refractivity contribution < 1.29 is 19.1 Å². The number of likely N-dealkylation sites (tertiary alicyclic amines) is 1. The number of aliphatic carboxylic acids is 1. The monoisotopic (exact) mass is 497 g/mol. The summed E-state index contributed by atoms with van der Waals surface area (Å²) in [5, 5.41) is 9.77. The number of piperidine rings is 1. The molecule has 5 rings (SSSR count). The van der Waals surface area contributed by atoms with Crippen LogP contribution >= 0.6 is 11.6 Å². The summed E-state index contributed by atoms with van der Waals surface area (Å²) in [4.78, 5) is 20.7. The first kappa shape index (κ1) is 23.9. The number of nitrogens with zero attached hydrogens (tertiary/aromatic N) is 3. The van der Waals surface area contributed by atoms with Gasteiger partial charge >= 0.3 is 5.97 Å². The molecule has 3 heterocycles. The fourth-order valence-corrected chi connectivity index (χ4v) is 5.65. The Morgan fingerprint density at radius 1 is 1.14 bits per heavy atom. The van der Waals surface area contributed by atoms with E-state index in [1.165, 1.54) is 12.8 Å². The Morgan fingerprint density at radius 3 is 2.66 bits per heavy atom. The maximum absolute atomic E-state index is 11.1. The first-order valence-corrected chi connectivity index (χ1v) is 12.8. The molecular formula is C27H32ClN3O4. The van der Waals surface area contributed by atoms with E-state index in [9.17, 15) is 4.79 Å². The molecule has 0 saturated carbocycles. The Balaban J connectivity index is 1.26. The van der Waals surface area contributed by atoms with Crippen LogP contribution in [0.4, 0.5) is 6.01 Å². The topological polar surface area (TPSA) is 79.0 Å². The number of carboxylic acids is 1. The zero-order chi connectivity index (χ0) is 24.4. The third-order valence-corrected chi connectivity index (χ3v) is 7.75. The highest BCUT2D eigenvalue weighted by atomic mass is 35.5. The number of oxazole rings is 1. The van der Waals surface area contributed by atoms with Gasteiger partial charge in [-0.15, -0.1) is 0 Å². The molecule has 35 heavy (non-hydrogen) atoms. The SMILES string of the molecule is Cc1ccc(CC(=O)O)cc1OCCC1(N2CCCC2)CCN(c2nc3ccc(Cl)cc3o2)CC1. The van der Waals surface area contributed by atoms with Crippen molar-refractivity contribution in [3.05, 3.63) is 52.5 Å². The van der Waals surface area contributed by atoms with Crippen LogP contribution in [0.5, 0.6) is 5.75 Å². The van der Waals surface area contributed by atoms with E-state index in [0.29, 0.717) is 17.6 Å². The van der Waals surface area contributed by atoms with Gasteiger partial charge in [0.25, 0.3) is 6.01 Å². The number of aryl methyl sites for hydroxylation is 1. The number of carboxylic acid groups (broad SMARTS) is 1. The number of ether oxygens (including phenoxy) is 1. The van der Waals surface area contributed by atoms with Crippen LogP contribution in [0.25, 0.3) is 11.1 Å². The molecular weight excluding hydrogens is 466 g/mol. The maximum Gasteiger partial charge on any atom is 0.307 e. The van der Waals surface area contributed by atoms with E-state index in [2.05, 4.69) is 14.8 Å². The molecule has 0 unspecified atom stereocenters. The molecule has 0 atom stereocenters. The summed E-state index contributed by atoms with van der Waals surface area (Å²) in [5.74, 6) is -0.0514. The van der Waals surface area contributed by atoms with Gasteiger partial charge in [0.15, 0.2) is 5.58 Å². The molecule has 1 aromatic heterocycles. The zero-order valence-electron chi connectivity index (χ0n) is 20.1. The lowest BCUT2D eigenvalue weighted by molar-refractivity contribution is -0.136. The number of halogens is 1. The summed E-state index contributed by atoms with van der Waals surface area (Å²) >= 11 is 6.11. The predicted molar refractivity (Wildman–Crippen MR) is 137 cm³/mol. The van der Waals surface area contributed by atoms with E-state index in [1.54, 1.807) is 0 Å². The highest BCUT2D eigenvalue weighted by molar-refractivity contribution is 6.31. The molecule has 0 spiro atoms. The van der Waals surface area contributed by atoms with E-state index in [-0.39, 0.29) is 12.0 Å².